The fraction of sp³-hybridized carbons (Fsp3) is 0.533. The minimum Gasteiger partial charge on any atom is -0.325 e. The summed E-state index contributed by atoms with van der Waals surface area (Å²) < 4.78 is 0. The SMILES string of the molecule is CCCCN(C)CC(=O)Nc1ccccc1CC. The molecule has 0 bridgehead atoms. The molecular formula is C15H24N2O. The molecular weight excluding hydrogens is 224 g/mol. The van der Waals surface area contributed by atoms with Crippen molar-refractivity contribution in [3.63, 3.8) is 0 Å². The molecule has 1 amide bonds. The molecule has 0 spiro atoms. The smallest absolute Gasteiger partial charge is 0.238 e. The van der Waals surface area contributed by atoms with Gasteiger partial charge in [-0.3, -0.25) is 9.69 Å². The summed E-state index contributed by atoms with van der Waals surface area (Å²) in [5, 5.41) is 2.99. The van der Waals surface area contributed by atoms with Crippen molar-refractivity contribution in [1.82, 2.24) is 4.90 Å². The van der Waals surface area contributed by atoms with E-state index in [2.05, 4.69) is 30.1 Å². The highest BCUT2D eigenvalue weighted by Gasteiger charge is 2.08. The van der Waals surface area contributed by atoms with Gasteiger partial charge in [-0.1, -0.05) is 38.5 Å². The minimum absolute atomic E-state index is 0.0644. The van der Waals surface area contributed by atoms with Crippen molar-refractivity contribution < 1.29 is 4.79 Å². The number of benzene rings is 1. The Bertz CT molecular complexity index is 377. The van der Waals surface area contributed by atoms with Crippen LogP contribution < -0.4 is 5.32 Å². The molecule has 0 aliphatic heterocycles. The summed E-state index contributed by atoms with van der Waals surface area (Å²) in [6.45, 7) is 5.68. The summed E-state index contributed by atoms with van der Waals surface area (Å²) in [6.07, 6.45) is 3.22. The molecule has 0 radical (unpaired) electrons. The lowest BCUT2D eigenvalue weighted by atomic mass is 10.1. The van der Waals surface area contributed by atoms with E-state index in [0.717, 1.165) is 31.5 Å². The number of para-hydroxylation sites is 1. The number of hydrogen-bond acceptors (Lipinski definition) is 2. The molecule has 1 N–H and O–H groups in total. The molecule has 0 saturated heterocycles. The number of aryl methyl sites for hydroxylation is 1. The van der Waals surface area contributed by atoms with E-state index in [1.54, 1.807) is 0 Å². The molecule has 0 aromatic heterocycles. The summed E-state index contributed by atoms with van der Waals surface area (Å²) in [4.78, 5) is 14.0. The lowest BCUT2D eigenvalue weighted by Gasteiger charge is -2.16. The molecule has 0 fully saturated rings. The minimum atomic E-state index is 0.0644. The van der Waals surface area contributed by atoms with Gasteiger partial charge in [0.25, 0.3) is 0 Å². The van der Waals surface area contributed by atoms with Gasteiger partial charge in [0.15, 0.2) is 0 Å². The third-order valence-corrected chi connectivity index (χ3v) is 2.98. The van der Waals surface area contributed by atoms with E-state index < -0.39 is 0 Å². The molecule has 0 atom stereocenters. The molecule has 0 saturated carbocycles. The van der Waals surface area contributed by atoms with Gasteiger partial charge in [-0.25, -0.2) is 0 Å². The number of amides is 1. The van der Waals surface area contributed by atoms with E-state index in [1.165, 1.54) is 5.56 Å². The van der Waals surface area contributed by atoms with Crippen LogP contribution in [0, 0.1) is 0 Å². The highest BCUT2D eigenvalue weighted by Crippen LogP contribution is 2.15. The first-order valence-electron chi connectivity index (χ1n) is 6.73. The van der Waals surface area contributed by atoms with Crippen molar-refractivity contribution in [2.75, 3.05) is 25.5 Å². The highest BCUT2D eigenvalue weighted by atomic mass is 16.2. The molecule has 3 nitrogen and oxygen atoms in total. The standard InChI is InChI=1S/C15H24N2O/c1-4-6-11-17(3)12-15(18)16-14-10-8-7-9-13(14)5-2/h7-10H,4-6,11-12H2,1-3H3,(H,16,18). The Labute approximate surface area is 110 Å². The van der Waals surface area contributed by atoms with Crippen LogP contribution in [0.1, 0.15) is 32.3 Å². The van der Waals surface area contributed by atoms with Gasteiger partial charge in [0.2, 0.25) is 5.91 Å². The van der Waals surface area contributed by atoms with Crippen LogP contribution in [0.15, 0.2) is 24.3 Å². The predicted octanol–water partition coefficient (Wildman–Crippen LogP) is 2.92. The Hall–Kier alpha value is -1.35. The maximum Gasteiger partial charge on any atom is 0.238 e. The topological polar surface area (TPSA) is 32.3 Å². The molecule has 3 heteroatoms. The van der Waals surface area contributed by atoms with Crippen LogP contribution in [0.3, 0.4) is 0 Å². The summed E-state index contributed by atoms with van der Waals surface area (Å²) >= 11 is 0. The Kier molecular flexibility index (Phi) is 6.44. The largest absolute Gasteiger partial charge is 0.325 e. The Morgan fingerprint density at radius 1 is 1.28 bits per heavy atom. The maximum absolute atomic E-state index is 11.9. The summed E-state index contributed by atoms with van der Waals surface area (Å²) in [5.74, 6) is 0.0644. The lowest BCUT2D eigenvalue weighted by molar-refractivity contribution is -0.117. The molecule has 1 rings (SSSR count). The molecule has 0 aliphatic carbocycles. The Morgan fingerprint density at radius 2 is 2.00 bits per heavy atom. The number of nitrogens with one attached hydrogen (secondary N) is 1. The first kappa shape index (κ1) is 14.7. The number of nitrogens with zero attached hydrogens (tertiary/aromatic N) is 1. The molecule has 0 unspecified atom stereocenters. The van der Waals surface area contributed by atoms with E-state index >= 15 is 0 Å². The van der Waals surface area contributed by atoms with E-state index in [1.807, 2.05) is 25.2 Å². The van der Waals surface area contributed by atoms with Crippen molar-refractivity contribution >= 4 is 11.6 Å². The van der Waals surface area contributed by atoms with Crippen LogP contribution in [0.2, 0.25) is 0 Å². The average Bonchev–Trinajstić information content (AvgIpc) is 2.36. The zero-order valence-corrected chi connectivity index (χ0v) is 11.7. The quantitative estimate of drug-likeness (QED) is 0.804. The first-order valence-corrected chi connectivity index (χ1v) is 6.73. The normalized spacial score (nSPS) is 10.7. The fourth-order valence-electron chi connectivity index (χ4n) is 1.89. The van der Waals surface area contributed by atoms with Gasteiger partial charge in [0, 0.05) is 5.69 Å². The molecule has 0 heterocycles. The van der Waals surface area contributed by atoms with Gasteiger partial charge in [-0.15, -0.1) is 0 Å². The third kappa shape index (κ3) is 4.88. The van der Waals surface area contributed by atoms with Gasteiger partial charge in [-0.2, -0.15) is 0 Å². The lowest BCUT2D eigenvalue weighted by Crippen LogP contribution is -2.31. The molecule has 100 valence electrons. The summed E-state index contributed by atoms with van der Waals surface area (Å²) in [6, 6.07) is 7.97. The van der Waals surface area contributed by atoms with Gasteiger partial charge < -0.3 is 5.32 Å². The van der Waals surface area contributed by atoms with Crippen molar-refractivity contribution in [1.29, 1.82) is 0 Å². The van der Waals surface area contributed by atoms with Crippen LogP contribution in [0.25, 0.3) is 0 Å². The second-order valence-electron chi connectivity index (χ2n) is 4.65. The van der Waals surface area contributed by atoms with E-state index in [0.29, 0.717) is 6.54 Å². The van der Waals surface area contributed by atoms with Crippen molar-refractivity contribution in [3.8, 4) is 0 Å². The van der Waals surface area contributed by atoms with Crippen molar-refractivity contribution in [2.24, 2.45) is 0 Å². The van der Waals surface area contributed by atoms with Crippen LogP contribution in [-0.4, -0.2) is 30.9 Å². The third-order valence-electron chi connectivity index (χ3n) is 2.98. The molecule has 1 aromatic carbocycles. The number of likely N-dealkylation sites (N-methyl/N-ethyl adjacent to an activating group) is 1. The second-order valence-corrected chi connectivity index (χ2v) is 4.65. The van der Waals surface area contributed by atoms with E-state index in [4.69, 9.17) is 0 Å². The van der Waals surface area contributed by atoms with Gasteiger partial charge in [0.05, 0.1) is 6.54 Å². The number of hydrogen-bond donors (Lipinski definition) is 1. The molecule has 0 aliphatic rings. The Balaban J connectivity index is 2.49. The van der Waals surface area contributed by atoms with Crippen molar-refractivity contribution in [3.05, 3.63) is 29.8 Å². The predicted molar refractivity (Wildman–Crippen MR) is 76.9 cm³/mol. The van der Waals surface area contributed by atoms with Crippen molar-refractivity contribution in [2.45, 2.75) is 33.1 Å². The van der Waals surface area contributed by atoms with Crippen LogP contribution in [0.5, 0.6) is 0 Å². The zero-order chi connectivity index (χ0) is 13.4. The number of carbonyl (C=O) groups is 1. The van der Waals surface area contributed by atoms with Gasteiger partial charge in [0.1, 0.15) is 0 Å². The summed E-state index contributed by atoms with van der Waals surface area (Å²) in [5.41, 5.74) is 2.12. The Morgan fingerprint density at radius 3 is 2.67 bits per heavy atom. The van der Waals surface area contributed by atoms with E-state index in [9.17, 15) is 4.79 Å². The molecule has 1 aromatic rings. The number of anilines is 1. The first-order chi connectivity index (χ1) is 8.67. The van der Waals surface area contributed by atoms with Crippen LogP contribution in [-0.2, 0) is 11.2 Å². The average molecular weight is 248 g/mol. The summed E-state index contributed by atoms with van der Waals surface area (Å²) in [7, 11) is 1.99. The number of rotatable bonds is 7. The number of unbranched alkanes of at least 4 members (excludes halogenated alkanes) is 1. The van der Waals surface area contributed by atoms with Gasteiger partial charge in [-0.05, 0) is 38.1 Å². The van der Waals surface area contributed by atoms with E-state index in [-0.39, 0.29) is 5.91 Å². The van der Waals surface area contributed by atoms with Gasteiger partial charge >= 0.3 is 0 Å². The fourth-order valence-corrected chi connectivity index (χ4v) is 1.89. The maximum atomic E-state index is 11.9. The highest BCUT2D eigenvalue weighted by molar-refractivity contribution is 5.92. The molecule has 18 heavy (non-hydrogen) atoms. The van der Waals surface area contributed by atoms with Crippen LogP contribution in [0.4, 0.5) is 5.69 Å². The number of carbonyl (C=O) groups excluding carboxylic acids is 1. The van der Waals surface area contributed by atoms with Crippen LogP contribution >= 0.6 is 0 Å². The second kappa shape index (κ2) is 7.88. The zero-order valence-electron chi connectivity index (χ0n) is 11.7. The monoisotopic (exact) mass is 248 g/mol.